The number of nitrogens with zero attached hydrogens (tertiary/aromatic N) is 1. The molecule has 0 aliphatic carbocycles. The zero-order chi connectivity index (χ0) is 15.0. The van der Waals surface area contributed by atoms with Crippen LogP contribution < -0.4 is 5.56 Å². The summed E-state index contributed by atoms with van der Waals surface area (Å²) in [6.45, 7) is 2.85. The monoisotopic (exact) mass is 311 g/mol. The van der Waals surface area contributed by atoms with Crippen LogP contribution in [0, 0.1) is 6.92 Å². The molecule has 0 saturated carbocycles. The summed E-state index contributed by atoms with van der Waals surface area (Å²) in [6, 6.07) is 6.03. The van der Waals surface area contributed by atoms with E-state index in [1.54, 1.807) is 19.1 Å². The van der Waals surface area contributed by atoms with Gasteiger partial charge in [0, 0.05) is 16.8 Å². The molecule has 0 radical (unpaired) electrons. The molecule has 6 heteroatoms. The number of rotatable bonds is 2. The first-order valence-electron chi connectivity index (χ1n) is 5.75. The van der Waals surface area contributed by atoms with E-state index in [-0.39, 0.29) is 11.3 Å². The predicted molar refractivity (Wildman–Crippen MR) is 78.5 cm³/mol. The molecule has 0 spiro atoms. The Labute approximate surface area is 125 Å². The number of aromatic hydroxyl groups is 1. The SMILES string of the molecule is CC(=O)c1c(O)cc(C)n(-c2cc(Cl)ccc2Cl)c1=O. The van der Waals surface area contributed by atoms with Crippen LogP contribution in [0.4, 0.5) is 0 Å². The molecule has 4 nitrogen and oxygen atoms in total. The molecule has 0 amide bonds. The fourth-order valence-corrected chi connectivity index (χ4v) is 2.37. The highest BCUT2D eigenvalue weighted by molar-refractivity contribution is 6.34. The molecule has 1 N–H and O–H groups in total. The number of aromatic nitrogens is 1. The molecular formula is C14H11Cl2NO3. The lowest BCUT2D eigenvalue weighted by Gasteiger charge is -2.14. The largest absolute Gasteiger partial charge is 0.507 e. The number of benzene rings is 1. The maximum atomic E-state index is 12.4. The smallest absolute Gasteiger partial charge is 0.270 e. The lowest BCUT2D eigenvalue weighted by molar-refractivity contribution is 0.101. The highest BCUT2D eigenvalue weighted by Crippen LogP contribution is 2.26. The summed E-state index contributed by atoms with van der Waals surface area (Å²) in [7, 11) is 0. The molecule has 0 unspecified atom stereocenters. The van der Waals surface area contributed by atoms with Crippen molar-refractivity contribution in [2.24, 2.45) is 0 Å². The normalized spacial score (nSPS) is 10.6. The van der Waals surface area contributed by atoms with E-state index >= 15 is 0 Å². The second-order valence-corrected chi connectivity index (χ2v) is 5.18. The third-order valence-electron chi connectivity index (χ3n) is 2.87. The van der Waals surface area contributed by atoms with Gasteiger partial charge in [0.25, 0.3) is 5.56 Å². The van der Waals surface area contributed by atoms with Gasteiger partial charge >= 0.3 is 0 Å². The second kappa shape index (κ2) is 5.31. The van der Waals surface area contributed by atoms with Gasteiger partial charge in [0.15, 0.2) is 5.78 Å². The van der Waals surface area contributed by atoms with E-state index in [9.17, 15) is 14.7 Å². The van der Waals surface area contributed by atoms with Crippen LogP contribution in [-0.2, 0) is 0 Å². The maximum Gasteiger partial charge on any atom is 0.270 e. The Morgan fingerprint density at radius 3 is 2.50 bits per heavy atom. The minimum atomic E-state index is -0.626. The van der Waals surface area contributed by atoms with Crippen molar-refractivity contribution in [3.05, 3.63) is 55.9 Å². The van der Waals surface area contributed by atoms with Gasteiger partial charge in [-0.1, -0.05) is 23.2 Å². The van der Waals surface area contributed by atoms with Crippen molar-refractivity contribution in [3.8, 4) is 11.4 Å². The van der Waals surface area contributed by atoms with Gasteiger partial charge in [-0.3, -0.25) is 14.2 Å². The lowest BCUT2D eigenvalue weighted by Crippen LogP contribution is -2.26. The van der Waals surface area contributed by atoms with Crippen molar-refractivity contribution in [3.63, 3.8) is 0 Å². The molecule has 0 saturated heterocycles. The Morgan fingerprint density at radius 2 is 1.90 bits per heavy atom. The van der Waals surface area contributed by atoms with Gasteiger partial charge in [0.05, 0.1) is 10.7 Å². The molecule has 0 aliphatic rings. The summed E-state index contributed by atoms with van der Waals surface area (Å²) in [5, 5.41) is 10.5. The Bertz CT molecular complexity index is 766. The van der Waals surface area contributed by atoms with Crippen molar-refractivity contribution in [1.29, 1.82) is 0 Å². The molecule has 20 heavy (non-hydrogen) atoms. The number of aryl methyl sites for hydroxylation is 1. The molecule has 1 aromatic heterocycles. The zero-order valence-corrected chi connectivity index (χ0v) is 12.3. The molecule has 2 aromatic rings. The number of pyridine rings is 1. The number of Topliss-reactive ketones (excluding diaryl/α,β-unsaturated/α-hetero) is 1. The fourth-order valence-electron chi connectivity index (χ4n) is 2.00. The Balaban J connectivity index is 2.88. The van der Waals surface area contributed by atoms with E-state index < -0.39 is 11.3 Å². The van der Waals surface area contributed by atoms with Crippen molar-refractivity contribution >= 4 is 29.0 Å². The molecule has 2 rings (SSSR count). The van der Waals surface area contributed by atoms with E-state index in [1.807, 2.05) is 0 Å². The first-order chi connectivity index (χ1) is 9.32. The topological polar surface area (TPSA) is 59.3 Å². The van der Waals surface area contributed by atoms with E-state index in [0.29, 0.717) is 21.4 Å². The van der Waals surface area contributed by atoms with Gasteiger partial charge in [-0.05, 0) is 32.0 Å². The summed E-state index contributed by atoms with van der Waals surface area (Å²) < 4.78 is 1.25. The Morgan fingerprint density at radius 1 is 1.25 bits per heavy atom. The third-order valence-corrected chi connectivity index (χ3v) is 3.43. The van der Waals surface area contributed by atoms with Crippen LogP contribution >= 0.6 is 23.2 Å². The average Bonchev–Trinajstić information content (AvgIpc) is 2.32. The minimum Gasteiger partial charge on any atom is -0.507 e. The summed E-state index contributed by atoms with van der Waals surface area (Å²) >= 11 is 12.0. The number of carbonyl (C=O) groups excluding carboxylic acids is 1. The fraction of sp³-hybridized carbons (Fsp3) is 0.143. The van der Waals surface area contributed by atoms with Crippen molar-refractivity contribution in [2.75, 3.05) is 0 Å². The number of carbonyl (C=O) groups is 1. The average molecular weight is 312 g/mol. The van der Waals surface area contributed by atoms with Gasteiger partial charge in [0.2, 0.25) is 0 Å². The van der Waals surface area contributed by atoms with E-state index in [2.05, 4.69) is 0 Å². The molecule has 0 fully saturated rings. The molecule has 104 valence electrons. The summed E-state index contributed by atoms with van der Waals surface area (Å²) in [5.41, 5.74) is -0.0864. The first kappa shape index (κ1) is 14.6. The van der Waals surface area contributed by atoms with Gasteiger partial charge in [-0.15, -0.1) is 0 Å². The van der Waals surface area contributed by atoms with Crippen LogP contribution in [0.25, 0.3) is 5.69 Å². The van der Waals surface area contributed by atoms with Crippen LogP contribution in [0.5, 0.6) is 5.75 Å². The lowest BCUT2D eigenvalue weighted by atomic mass is 10.1. The van der Waals surface area contributed by atoms with Crippen LogP contribution in [0.1, 0.15) is 23.0 Å². The number of ketones is 1. The van der Waals surface area contributed by atoms with E-state index in [0.717, 1.165) is 0 Å². The Kier molecular flexibility index (Phi) is 3.88. The van der Waals surface area contributed by atoms with Crippen LogP contribution in [-0.4, -0.2) is 15.5 Å². The highest BCUT2D eigenvalue weighted by Gasteiger charge is 2.18. The quantitative estimate of drug-likeness (QED) is 0.865. The van der Waals surface area contributed by atoms with Gasteiger partial charge < -0.3 is 5.11 Å². The molecule has 1 heterocycles. The molecule has 1 aromatic carbocycles. The van der Waals surface area contributed by atoms with E-state index in [4.69, 9.17) is 23.2 Å². The summed E-state index contributed by atoms with van der Waals surface area (Å²) in [4.78, 5) is 23.9. The van der Waals surface area contributed by atoms with Crippen LogP contribution in [0.3, 0.4) is 0 Å². The standard InChI is InChI=1S/C14H11Cl2NO3/c1-7-5-12(19)13(8(2)18)14(20)17(7)11-6-9(15)3-4-10(11)16/h3-6,19H,1-2H3. The first-order valence-corrected chi connectivity index (χ1v) is 6.50. The predicted octanol–water partition coefficient (Wildman–Crippen LogP) is 3.36. The van der Waals surface area contributed by atoms with Gasteiger partial charge in [0.1, 0.15) is 11.3 Å². The van der Waals surface area contributed by atoms with Gasteiger partial charge in [-0.2, -0.15) is 0 Å². The van der Waals surface area contributed by atoms with Crippen LogP contribution in [0.2, 0.25) is 10.0 Å². The molecule has 0 bridgehead atoms. The van der Waals surface area contributed by atoms with Crippen molar-refractivity contribution < 1.29 is 9.90 Å². The second-order valence-electron chi connectivity index (χ2n) is 4.34. The number of hydrogen-bond donors (Lipinski definition) is 1. The Hall–Kier alpha value is -1.78. The number of halogens is 2. The summed E-state index contributed by atoms with van der Waals surface area (Å²) in [6.07, 6.45) is 0. The summed E-state index contributed by atoms with van der Waals surface area (Å²) in [5.74, 6) is -0.853. The minimum absolute atomic E-state index is 0.272. The molecule has 0 atom stereocenters. The van der Waals surface area contributed by atoms with Gasteiger partial charge in [-0.25, -0.2) is 0 Å². The van der Waals surface area contributed by atoms with Crippen molar-refractivity contribution in [1.82, 2.24) is 4.57 Å². The highest BCUT2D eigenvalue weighted by atomic mass is 35.5. The van der Waals surface area contributed by atoms with E-state index in [1.165, 1.54) is 23.6 Å². The molecular weight excluding hydrogens is 301 g/mol. The zero-order valence-electron chi connectivity index (χ0n) is 10.8. The maximum absolute atomic E-state index is 12.4. The third kappa shape index (κ3) is 2.44. The van der Waals surface area contributed by atoms with Crippen LogP contribution in [0.15, 0.2) is 29.1 Å². The molecule has 0 aliphatic heterocycles. The van der Waals surface area contributed by atoms with Crippen molar-refractivity contribution in [2.45, 2.75) is 13.8 Å². The number of hydrogen-bond acceptors (Lipinski definition) is 3.